The summed E-state index contributed by atoms with van der Waals surface area (Å²) in [5, 5.41) is 13.8. The molecule has 0 aliphatic rings. The van der Waals surface area contributed by atoms with Crippen molar-refractivity contribution in [3.05, 3.63) is 42.0 Å². The van der Waals surface area contributed by atoms with E-state index >= 15 is 0 Å². The molecule has 0 aliphatic heterocycles. The molecule has 0 radical (unpaired) electrons. The van der Waals surface area contributed by atoms with Crippen LogP contribution in [-0.4, -0.2) is 32.9 Å². The second kappa shape index (κ2) is 5.47. The number of carbonyl (C=O) groups excluding carboxylic acids is 1. The largest absolute Gasteiger partial charge is 0.476 e. The van der Waals surface area contributed by atoms with Crippen LogP contribution < -0.4 is 5.32 Å². The number of anilines is 1. The van der Waals surface area contributed by atoms with Crippen LogP contribution in [0.4, 0.5) is 23.2 Å². The number of aromatic nitrogens is 2. The van der Waals surface area contributed by atoms with Gasteiger partial charge in [0.2, 0.25) is 0 Å². The molecular formula is C12H7F4N3O3. The Morgan fingerprint density at radius 3 is 2.41 bits per heavy atom. The third-order valence-corrected chi connectivity index (χ3v) is 2.52. The number of benzene rings is 1. The fraction of sp³-hybridized carbons (Fsp3) is 0.0833. The van der Waals surface area contributed by atoms with Crippen LogP contribution in [-0.2, 0) is 4.79 Å². The van der Waals surface area contributed by atoms with Crippen LogP contribution in [0.1, 0.15) is 10.5 Å². The van der Waals surface area contributed by atoms with Crippen LogP contribution in [0.2, 0.25) is 0 Å². The van der Waals surface area contributed by atoms with E-state index in [0.717, 1.165) is 22.9 Å². The Bertz CT molecular complexity index is 739. The molecule has 0 fully saturated rings. The molecule has 116 valence electrons. The molecule has 2 N–H and O–H groups in total. The summed E-state index contributed by atoms with van der Waals surface area (Å²) < 4.78 is 51.0. The standard InChI is InChI=1S/C12H7F4N3O3/c13-7-5-6(17-11(22)12(14,15)16)1-2-9(7)19-4-3-8(18-19)10(20)21/h1-5H,(H,17,22)(H,20,21). The van der Waals surface area contributed by atoms with Gasteiger partial charge in [0.15, 0.2) is 11.5 Å². The predicted molar refractivity (Wildman–Crippen MR) is 65.2 cm³/mol. The Morgan fingerprint density at radius 2 is 1.91 bits per heavy atom. The molecule has 0 aliphatic carbocycles. The number of carboxylic acid groups (broad SMARTS) is 1. The number of rotatable bonds is 3. The molecule has 6 nitrogen and oxygen atoms in total. The summed E-state index contributed by atoms with van der Waals surface area (Å²) in [6.07, 6.45) is -3.91. The molecule has 0 saturated carbocycles. The van der Waals surface area contributed by atoms with Gasteiger partial charge in [0.25, 0.3) is 0 Å². The van der Waals surface area contributed by atoms with Crippen molar-refractivity contribution in [2.75, 3.05) is 5.32 Å². The van der Waals surface area contributed by atoms with Crippen LogP contribution in [0.25, 0.3) is 5.69 Å². The van der Waals surface area contributed by atoms with Crippen LogP contribution in [0, 0.1) is 5.82 Å². The molecule has 0 bridgehead atoms. The Morgan fingerprint density at radius 1 is 1.23 bits per heavy atom. The predicted octanol–water partition coefficient (Wildman–Crippen LogP) is 2.21. The highest BCUT2D eigenvalue weighted by Crippen LogP contribution is 2.21. The lowest BCUT2D eigenvalue weighted by atomic mass is 10.2. The third kappa shape index (κ3) is 3.22. The first-order chi connectivity index (χ1) is 10.2. The topological polar surface area (TPSA) is 84.2 Å². The lowest BCUT2D eigenvalue weighted by Crippen LogP contribution is -2.29. The monoisotopic (exact) mass is 317 g/mol. The molecule has 1 heterocycles. The summed E-state index contributed by atoms with van der Waals surface area (Å²) in [6, 6.07) is 3.88. The number of carbonyl (C=O) groups is 2. The minimum Gasteiger partial charge on any atom is -0.476 e. The van der Waals surface area contributed by atoms with Gasteiger partial charge in [-0.15, -0.1) is 0 Å². The summed E-state index contributed by atoms with van der Waals surface area (Å²) >= 11 is 0. The average molecular weight is 317 g/mol. The maximum Gasteiger partial charge on any atom is 0.471 e. The molecule has 10 heteroatoms. The van der Waals surface area contributed by atoms with Gasteiger partial charge >= 0.3 is 18.1 Å². The minimum atomic E-state index is -5.09. The minimum absolute atomic E-state index is 0.183. The quantitative estimate of drug-likeness (QED) is 0.850. The van der Waals surface area contributed by atoms with Crippen LogP contribution in [0.15, 0.2) is 30.5 Å². The van der Waals surface area contributed by atoms with Crippen LogP contribution >= 0.6 is 0 Å². The molecule has 22 heavy (non-hydrogen) atoms. The summed E-state index contributed by atoms with van der Waals surface area (Å²) in [5.41, 5.74) is -0.902. The summed E-state index contributed by atoms with van der Waals surface area (Å²) in [5.74, 6) is -4.53. The Balaban J connectivity index is 2.26. The van der Waals surface area contributed by atoms with Gasteiger partial charge in [-0.1, -0.05) is 0 Å². The number of amides is 1. The Kier molecular flexibility index (Phi) is 3.85. The maximum absolute atomic E-state index is 13.9. The van der Waals surface area contributed by atoms with Crippen LogP contribution in [0.5, 0.6) is 0 Å². The summed E-state index contributed by atoms with van der Waals surface area (Å²) in [6.45, 7) is 0. The van der Waals surface area contributed by atoms with Gasteiger partial charge in [0.1, 0.15) is 5.69 Å². The Labute approximate surface area is 120 Å². The highest BCUT2D eigenvalue weighted by molar-refractivity contribution is 5.95. The number of aromatic carboxylic acids is 1. The van der Waals surface area contributed by atoms with Crippen molar-refractivity contribution in [3.8, 4) is 5.69 Å². The van der Waals surface area contributed by atoms with Gasteiger partial charge in [-0.3, -0.25) is 4.79 Å². The second-order valence-corrected chi connectivity index (χ2v) is 4.07. The number of hydrogen-bond acceptors (Lipinski definition) is 3. The van der Waals surface area contributed by atoms with Crippen LogP contribution in [0.3, 0.4) is 0 Å². The number of nitrogens with one attached hydrogen (secondary N) is 1. The van der Waals surface area contributed by atoms with E-state index in [1.165, 1.54) is 11.5 Å². The first-order valence-electron chi connectivity index (χ1n) is 5.65. The number of alkyl halides is 3. The van der Waals surface area contributed by atoms with Crippen molar-refractivity contribution in [1.29, 1.82) is 0 Å². The van der Waals surface area contributed by atoms with E-state index in [2.05, 4.69) is 5.10 Å². The van der Waals surface area contributed by atoms with Crippen molar-refractivity contribution in [2.45, 2.75) is 6.18 Å². The van der Waals surface area contributed by atoms with Gasteiger partial charge in [-0.05, 0) is 24.3 Å². The molecule has 1 aromatic heterocycles. The van der Waals surface area contributed by atoms with E-state index in [1.807, 2.05) is 0 Å². The van der Waals surface area contributed by atoms with Crippen molar-refractivity contribution < 1.29 is 32.3 Å². The molecule has 0 atom stereocenters. The fourth-order valence-electron chi connectivity index (χ4n) is 1.54. The molecule has 0 spiro atoms. The van der Waals surface area contributed by atoms with Crippen molar-refractivity contribution >= 4 is 17.6 Å². The highest BCUT2D eigenvalue weighted by Gasteiger charge is 2.38. The van der Waals surface area contributed by atoms with Gasteiger partial charge in [0.05, 0.1) is 0 Å². The lowest BCUT2D eigenvalue weighted by molar-refractivity contribution is -0.167. The van der Waals surface area contributed by atoms with Crippen molar-refractivity contribution in [1.82, 2.24) is 9.78 Å². The van der Waals surface area contributed by atoms with E-state index in [4.69, 9.17) is 5.11 Å². The average Bonchev–Trinajstić information content (AvgIpc) is 2.87. The molecule has 1 amide bonds. The first-order valence-corrected chi connectivity index (χ1v) is 5.65. The number of halogens is 4. The fourth-order valence-corrected chi connectivity index (χ4v) is 1.54. The molecule has 0 saturated heterocycles. The highest BCUT2D eigenvalue weighted by atomic mass is 19.4. The van der Waals surface area contributed by atoms with E-state index < -0.39 is 29.6 Å². The zero-order valence-electron chi connectivity index (χ0n) is 10.6. The van der Waals surface area contributed by atoms with E-state index in [0.29, 0.717) is 6.07 Å². The smallest absolute Gasteiger partial charge is 0.471 e. The molecule has 0 unspecified atom stereocenters. The lowest BCUT2D eigenvalue weighted by Gasteiger charge is -2.09. The van der Waals surface area contributed by atoms with E-state index in [9.17, 15) is 27.2 Å². The Hall–Kier alpha value is -2.91. The molecule has 1 aromatic carbocycles. The molecular weight excluding hydrogens is 310 g/mol. The molecule has 2 rings (SSSR count). The van der Waals surface area contributed by atoms with Gasteiger partial charge in [0, 0.05) is 11.9 Å². The number of carboxylic acids is 1. The number of nitrogens with zero attached hydrogens (tertiary/aromatic N) is 2. The summed E-state index contributed by atoms with van der Waals surface area (Å²) in [7, 11) is 0. The summed E-state index contributed by atoms with van der Waals surface area (Å²) in [4.78, 5) is 21.4. The third-order valence-electron chi connectivity index (χ3n) is 2.52. The number of hydrogen-bond donors (Lipinski definition) is 2. The second-order valence-electron chi connectivity index (χ2n) is 4.07. The maximum atomic E-state index is 13.9. The van der Waals surface area contributed by atoms with Gasteiger partial charge < -0.3 is 10.4 Å². The zero-order valence-corrected chi connectivity index (χ0v) is 10.6. The van der Waals surface area contributed by atoms with Crippen molar-refractivity contribution in [2.24, 2.45) is 0 Å². The zero-order chi connectivity index (χ0) is 16.5. The van der Waals surface area contributed by atoms with E-state index in [-0.39, 0.29) is 11.4 Å². The van der Waals surface area contributed by atoms with Gasteiger partial charge in [-0.2, -0.15) is 18.3 Å². The van der Waals surface area contributed by atoms with Gasteiger partial charge in [-0.25, -0.2) is 13.9 Å². The van der Waals surface area contributed by atoms with Crippen molar-refractivity contribution in [3.63, 3.8) is 0 Å². The molecule has 2 aromatic rings. The van der Waals surface area contributed by atoms with E-state index in [1.54, 1.807) is 0 Å². The SMILES string of the molecule is O=C(O)c1ccn(-c2ccc(NC(=O)C(F)(F)F)cc2F)n1. The normalized spacial score (nSPS) is 11.3. The first kappa shape index (κ1) is 15.5.